The van der Waals surface area contributed by atoms with E-state index in [0.717, 1.165) is 5.56 Å². The molecule has 1 aliphatic heterocycles. The number of carbonyl (C=O) groups excluding carboxylic acids is 1. The number of carbonyl (C=O) groups is 1. The van der Waals surface area contributed by atoms with Gasteiger partial charge in [-0.25, -0.2) is 8.42 Å². The minimum absolute atomic E-state index is 0.0661. The van der Waals surface area contributed by atoms with Gasteiger partial charge in [0.2, 0.25) is 10.0 Å². The number of aromatic nitrogens is 1. The number of ether oxygens (including phenoxy) is 1. The highest BCUT2D eigenvalue weighted by molar-refractivity contribution is 7.89. The standard InChI is InChI=1S/C20H24ClN3O4S/c1-14-11-24(12-15(2)28-14)29(26,27)19-10-17(4-5-18(19)21)20(25)23(3)13-16-6-8-22-9-7-16/h4-10,14-15H,11-13H2,1-3H3. The van der Waals surface area contributed by atoms with Crippen LogP contribution in [0.2, 0.25) is 5.02 Å². The number of benzene rings is 1. The maximum atomic E-state index is 13.2. The van der Waals surface area contributed by atoms with Crippen LogP contribution in [-0.2, 0) is 21.3 Å². The van der Waals surface area contributed by atoms with Crippen LogP contribution in [0.4, 0.5) is 0 Å². The van der Waals surface area contributed by atoms with Gasteiger partial charge in [-0.05, 0) is 49.7 Å². The topological polar surface area (TPSA) is 79.8 Å². The van der Waals surface area contributed by atoms with Gasteiger partial charge in [-0.15, -0.1) is 0 Å². The molecule has 1 amide bonds. The first-order chi connectivity index (χ1) is 13.7. The second-order valence-corrected chi connectivity index (χ2v) is 9.55. The Kier molecular flexibility index (Phi) is 6.58. The summed E-state index contributed by atoms with van der Waals surface area (Å²) in [5, 5.41) is 0.0881. The summed E-state index contributed by atoms with van der Waals surface area (Å²) >= 11 is 6.22. The summed E-state index contributed by atoms with van der Waals surface area (Å²) < 4.78 is 33.4. The fourth-order valence-corrected chi connectivity index (χ4v) is 5.45. The third kappa shape index (κ3) is 4.95. The van der Waals surface area contributed by atoms with Crippen molar-refractivity contribution in [2.75, 3.05) is 20.1 Å². The average molecular weight is 438 g/mol. The molecule has 0 aliphatic carbocycles. The van der Waals surface area contributed by atoms with Crippen LogP contribution in [0.1, 0.15) is 29.8 Å². The second kappa shape index (κ2) is 8.79. The molecule has 3 rings (SSSR count). The number of halogens is 1. The molecular weight excluding hydrogens is 414 g/mol. The normalized spacial score (nSPS) is 20.4. The van der Waals surface area contributed by atoms with E-state index in [0.29, 0.717) is 6.54 Å². The van der Waals surface area contributed by atoms with Crippen molar-refractivity contribution in [3.05, 3.63) is 58.9 Å². The van der Waals surface area contributed by atoms with Gasteiger partial charge in [-0.3, -0.25) is 9.78 Å². The zero-order valence-electron chi connectivity index (χ0n) is 16.6. The number of nitrogens with zero attached hydrogens (tertiary/aromatic N) is 3. The fourth-order valence-electron chi connectivity index (χ4n) is 3.35. The Morgan fingerprint density at radius 1 is 1.21 bits per heavy atom. The van der Waals surface area contributed by atoms with Crippen LogP contribution >= 0.6 is 11.6 Å². The number of pyridine rings is 1. The van der Waals surface area contributed by atoms with Gasteiger partial charge in [0.05, 0.1) is 17.2 Å². The van der Waals surface area contributed by atoms with Crippen molar-refractivity contribution < 1.29 is 17.9 Å². The highest BCUT2D eigenvalue weighted by Gasteiger charge is 2.34. The minimum Gasteiger partial charge on any atom is -0.373 e. The van der Waals surface area contributed by atoms with E-state index in [1.807, 2.05) is 26.0 Å². The average Bonchev–Trinajstić information content (AvgIpc) is 2.67. The molecule has 2 unspecified atom stereocenters. The van der Waals surface area contributed by atoms with E-state index >= 15 is 0 Å². The summed E-state index contributed by atoms with van der Waals surface area (Å²) in [5.74, 6) is -0.293. The molecule has 0 spiro atoms. The Bertz CT molecular complexity index is 974. The van der Waals surface area contributed by atoms with E-state index in [4.69, 9.17) is 16.3 Å². The van der Waals surface area contributed by atoms with E-state index < -0.39 is 10.0 Å². The molecule has 1 aromatic heterocycles. The number of amides is 1. The van der Waals surface area contributed by atoms with Crippen LogP contribution in [0.3, 0.4) is 0 Å². The van der Waals surface area contributed by atoms with Crippen LogP contribution in [0.25, 0.3) is 0 Å². The minimum atomic E-state index is -3.86. The highest BCUT2D eigenvalue weighted by atomic mass is 35.5. The zero-order chi connectivity index (χ0) is 21.2. The van der Waals surface area contributed by atoms with Crippen molar-refractivity contribution in [1.29, 1.82) is 0 Å². The number of hydrogen-bond donors (Lipinski definition) is 0. The zero-order valence-corrected chi connectivity index (χ0v) is 18.2. The van der Waals surface area contributed by atoms with Gasteiger partial charge in [-0.1, -0.05) is 11.6 Å². The summed E-state index contributed by atoms with van der Waals surface area (Å²) in [6.07, 6.45) is 2.88. The van der Waals surface area contributed by atoms with Crippen LogP contribution in [0.5, 0.6) is 0 Å². The molecule has 0 radical (unpaired) electrons. The van der Waals surface area contributed by atoms with Gasteiger partial charge in [0.25, 0.3) is 5.91 Å². The summed E-state index contributed by atoms with van der Waals surface area (Å²) in [6, 6.07) is 7.99. The maximum absolute atomic E-state index is 13.2. The number of hydrogen-bond acceptors (Lipinski definition) is 5. The molecular formula is C20H24ClN3O4S. The van der Waals surface area contributed by atoms with Crippen LogP contribution in [-0.4, -0.2) is 60.9 Å². The SMILES string of the molecule is CC1CN(S(=O)(=O)c2cc(C(=O)N(C)Cc3ccncc3)ccc2Cl)CC(C)O1. The van der Waals surface area contributed by atoms with Gasteiger partial charge in [-0.2, -0.15) is 4.31 Å². The number of rotatable bonds is 5. The third-order valence-electron chi connectivity index (χ3n) is 4.70. The van der Waals surface area contributed by atoms with E-state index in [1.54, 1.807) is 19.4 Å². The van der Waals surface area contributed by atoms with Crippen molar-refractivity contribution in [3.63, 3.8) is 0 Å². The third-order valence-corrected chi connectivity index (χ3v) is 7.01. The molecule has 1 saturated heterocycles. The predicted molar refractivity (Wildman–Crippen MR) is 110 cm³/mol. The van der Waals surface area contributed by atoms with Crippen molar-refractivity contribution in [2.45, 2.75) is 37.5 Å². The van der Waals surface area contributed by atoms with Gasteiger partial charge in [0.1, 0.15) is 4.90 Å². The molecule has 1 aliphatic rings. The Labute approximate surface area is 176 Å². The Morgan fingerprint density at radius 3 is 2.45 bits per heavy atom. The van der Waals surface area contributed by atoms with E-state index in [-0.39, 0.29) is 46.7 Å². The monoisotopic (exact) mass is 437 g/mol. The predicted octanol–water partition coefficient (Wildman–Crippen LogP) is 2.81. The van der Waals surface area contributed by atoms with Gasteiger partial charge in [0.15, 0.2) is 0 Å². The summed E-state index contributed by atoms with van der Waals surface area (Å²) in [4.78, 5) is 18.3. The van der Waals surface area contributed by atoms with Gasteiger partial charge >= 0.3 is 0 Å². The quantitative estimate of drug-likeness (QED) is 0.718. The summed E-state index contributed by atoms with van der Waals surface area (Å²) in [7, 11) is -2.19. The molecule has 2 heterocycles. The van der Waals surface area contributed by atoms with Crippen molar-refractivity contribution in [2.24, 2.45) is 0 Å². The van der Waals surface area contributed by atoms with Crippen LogP contribution in [0.15, 0.2) is 47.6 Å². The Hall–Kier alpha value is -2.00. The molecule has 2 aromatic rings. The molecule has 9 heteroatoms. The maximum Gasteiger partial charge on any atom is 0.253 e. The van der Waals surface area contributed by atoms with Crippen LogP contribution < -0.4 is 0 Å². The number of sulfonamides is 1. The lowest BCUT2D eigenvalue weighted by molar-refractivity contribution is -0.0440. The molecule has 1 fully saturated rings. The second-order valence-electron chi connectivity index (χ2n) is 7.24. The largest absolute Gasteiger partial charge is 0.373 e. The molecule has 0 saturated carbocycles. The molecule has 29 heavy (non-hydrogen) atoms. The lowest BCUT2D eigenvalue weighted by Gasteiger charge is -2.34. The molecule has 7 nitrogen and oxygen atoms in total. The van der Waals surface area contributed by atoms with E-state index in [2.05, 4.69) is 4.98 Å². The number of morpholine rings is 1. The van der Waals surface area contributed by atoms with Gasteiger partial charge in [0, 0.05) is 44.6 Å². The molecule has 2 atom stereocenters. The van der Waals surface area contributed by atoms with Crippen LogP contribution in [0, 0.1) is 0 Å². The molecule has 0 bridgehead atoms. The summed E-state index contributed by atoms with van der Waals surface area (Å²) in [6.45, 7) is 4.51. The first-order valence-electron chi connectivity index (χ1n) is 9.28. The lowest BCUT2D eigenvalue weighted by Crippen LogP contribution is -2.48. The van der Waals surface area contributed by atoms with Gasteiger partial charge < -0.3 is 9.64 Å². The van der Waals surface area contributed by atoms with E-state index in [9.17, 15) is 13.2 Å². The Morgan fingerprint density at radius 2 is 1.83 bits per heavy atom. The molecule has 1 aromatic carbocycles. The first-order valence-corrected chi connectivity index (χ1v) is 11.1. The smallest absolute Gasteiger partial charge is 0.253 e. The fraction of sp³-hybridized carbons (Fsp3) is 0.400. The molecule has 156 valence electrons. The van der Waals surface area contributed by atoms with E-state index in [1.165, 1.54) is 27.4 Å². The van der Waals surface area contributed by atoms with Crippen molar-refractivity contribution >= 4 is 27.5 Å². The van der Waals surface area contributed by atoms with Crippen molar-refractivity contribution in [3.8, 4) is 0 Å². The first kappa shape index (κ1) is 21.7. The highest BCUT2D eigenvalue weighted by Crippen LogP contribution is 2.28. The summed E-state index contributed by atoms with van der Waals surface area (Å²) in [5.41, 5.74) is 1.19. The van der Waals surface area contributed by atoms with Crippen molar-refractivity contribution in [1.82, 2.24) is 14.2 Å². The Balaban J connectivity index is 1.86. The molecule has 0 N–H and O–H groups in total. The lowest BCUT2D eigenvalue weighted by atomic mass is 10.2.